The largest absolute Gasteiger partial charge is 0.373 e. The Kier molecular flexibility index (Phi) is 1.69. The zero-order valence-corrected chi connectivity index (χ0v) is 8.00. The van der Waals surface area contributed by atoms with E-state index in [1.165, 1.54) is 0 Å². The first-order chi connectivity index (χ1) is 6.20. The average Bonchev–Trinajstić information content (AvgIpc) is 2.43. The number of anilines is 1. The minimum Gasteiger partial charge on any atom is -0.373 e. The van der Waals surface area contributed by atoms with Crippen LogP contribution in [0.15, 0.2) is 12.1 Å². The summed E-state index contributed by atoms with van der Waals surface area (Å²) in [4.78, 5) is 4.37. The molecule has 0 radical (unpaired) electrons. The van der Waals surface area contributed by atoms with Crippen molar-refractivity contribution in [2.24, 2.45) is 0 Å². The van der Waals surface area contributed by atoms with E-state index in [0.717, 1.165) is 22.9 Å². The SMILES string of the molecule is CNc1cc(C)nc2cc(C)nn12. The third-order valence-electron chi connectivity index (χ3n) is 1.93. The molecule has 0 fully saturated rings. The van der Waals surface area contributed by atoms with Gasteiger partial charge in [-0.3, -0.25) is 0 Å². The lowest BCUT2D eigenvalue weighted by Crippen LogP contribution is -2.01. The van der Waals surface area contributed by atoms with Crippen LogP contribution in [0.4, 0.5) is 5.82 Å². The summed E-state index contributed by atoms with van der Waals surface area (Å²) in [6.07, 6.45) is 0. The maximum Gasteiger partial charge on any atom is 0.157 e. The highest BCUT2D eigenvalue weighted by Crippen LogP contribution is 2.12. The standard InChI is InChI=1S/C9H12N4/c1-6-4-8(10-3)13-9(11-6)5-7(2)12-13/h4-5,10H,1-3H3. The molecule has 1 N–H and O–H groups in total. The van der Waals surface area contributed by atoms with Crippen molar-refractivity contribution in [2.45, 2.75) is 13.8 Å². The fraction of sp³-hybridized carbons (Fsp3) is 0.333. The molecule has 0 saturated carbocycles. The highest BCUT2D eigenvalue weighted by Gasteiger charge is 2.03. The Labute approximate surface area is 76.6 Å². The van der Waals surface area contributed by atoms with E-state index >= 15 is 0 Å². The monoisotopic (exact) mass is 176 g/mol. The van der Waals surface area contributed by atoms with Gasteiger partial charge in [-0.1, -0.05) is 0 Å². The van der Waals surface area contributed by atoms with Crippen molar-refractivity contribution in [1.29, 1.82) is 0 Å². The van der Waals surface area contributed by atoms with Crippen LogP contribution in [0.1, 0.15) is 11.4 Å². The molecule has 2 aromatic heterocycles. The van der Waals surface area contributed by atoms with Crippen LogP contribution in [0.2, 0.25) is 0 Å². The van der Waals surface area contributed by atoms with Crippen LogP contribution in [0.5, 0.6) is 0 Å². The lowest BCUT2D eigenvalue weighted by molar-refractivity contribution is 0.914. The van der Waals surface area contributed by atoms with Crippen molar-refractivity contribution in [1.82, 2.24) is 14.6 Å². The van der Waals surface area contributed by atoms with E-state index in [0.29, 0.717) is 0 Å². The van der Waals surface area contributed by atoms with Crippen LogP contribution in [0.25, 0.3) is 5.65 Å². The molecule has 0 aromatic carbocycles. The van der Waals surface area contributed by atoms with Crippen molar-refractivity contribution in [3.05, 3.63) is 23.5 Å². The van der Waals surface area contributed by atoms with Crippen molar-refractivity contribution < 1.29 is 0 Å². The van der Waals surface area contributed by atoms with Crippen LogP contribution in [-0.4, -0.2) is 21.6 Å². The third-order valence-corrected chi connectivity index (χ3v) is 1.93. The molecular weight excluding hydrogens is 164 g/mol. The predicted octanol–water partition coefficient (Wildman–Crippen LogP) is 1.39. The van der Waals surface area contributed by atoms with Gasteiger partial charge in [-0.15, -0.1) is 0 Å². The van der Waals surface area contributed by atoms with Crippen LogP contribution in [-0.2, 0) is 0 Å². The number of hydrogen-bond acceptors (Lipinski definition) is 3. The molecule has 0 unspecified atom stereocenters. The number of nitrogens with one attached hydrogen (secondary N) is 1. The molecule has 0 saturated heterocycles. The third kappa shape index (κ3) is 1.24. The van der Waals surface area contributed by atoms with E-state index in [-0.39, 0.29) is 0 Å². The summed E-state index contributed by atoms with van der Waals surface area (Å²) in [7, 11) is 1.88. The molecule has 4 heteroatoms. The predicted molar refractivity (Wildman–Crippen MR) is 52.0 cm³/mol. The number of aryl methyl sites for hydroxylation is 2. The average molecular weight is 176 g/mol. The van der Waals surface area contributed by atoms with Gasteiger partial charge in [-0.05, 0) is 13.8 Å². The normalized spacial score (nSPS) is 10.7. The summed E-state index contributed by atoms with van der Waals surface area (Å²) in [5.74, 6) is 0.968. The topological polar surface area (TPSA) is 42.2 Å². The van der Waals surface area contributed by atoms with Crippen molar-refractivity contribution >= 4 is 11.5 Å². The number of rotatable bonds is 1. The highest BCUT2D eigenvalue weighted by atomic mass is 15.3. The molecule has 0 bridgehead atoms. The van der Waals surface area contributed by atoms with E-state index < -0.39 is 0 Å². The first-order valence-corrected chi connectivity index (χ1v) is 4.22. The van der Waals surface area contributed by atoms with Gasteiger partial charge in [0.05, 0.1) is 5.69 Å². The number of nitrogens with zero attached hydrogens (tertiary/aromatic N) is 3. The summed E-state index contributed by atoms with van der Waals surface area (Å²) in [6, 6.07) is 3.94. The van der Waals surface area contributed by atoms with Crippen molar-refractivity contribution in [3.63, 3.8) is 0 Å². The molecule has 2 rings (SSSR count). The minimum atomic E-state index is 0.891. The Hall–Kier alpha value is -1.58. The van der Waals surface area contributed by atoms with E-state index in [1.54, 1.807) is 0 Å². The van der Waals surface area contributed by atoms with Crippen LogP contribution in [0.3, 0.4) is 0 Å². The molecular formula is C9H12N4. The van der Waals surface area contributed by atoms with E-state index in [2.05, 4.69) is 15.4 Å². The molecule has 2 aromatic rings. The molecule has 13 heavy (non-hydrogen) atoms. The van der Waals surface area contributed by atoms with Gasteiger partial charge in [0.1, 0.15) is 5.82 Å². The molecule has 0 aliphatic heterocycles. The second-order valence-corrected chi connectivity index (χ2v) is 3.09. The zero-order chi connectivity index (χ0) is 9.42. The Balaban J connectivity index is 2.80. The Bertz CT molecular complexity index is 444. The van der Waals surface area contributed by atoms with Gasteiger partial charge in [-0.2, -0.15) is 9.61 Å². The Morgan fingerprint density at radius 1 is 1.23 bits per heavy atom. The van der Waals surface area contributed by atoms with Crippen LogP contribution in [0, 0.1) is 13.8 Å². The molecule has 0 spiro atoms. The van der Waals surface area contributed by atoms with Gasteiger partial charge in [0.15, 0.2) is 5.65 Å². The van der Waals surface area contributed by atoms with E-state index in [4.69, 9.17) is 0 Å². The van der Waals surface area contributed by atoms with Crippen LogP contribution < -0.4 is 5.32 Å². The maximum atomic E-state index is 4.37. The summed E-state index contributed by atoms with van der Waals surface area (Å²) in [6.45, 7) is 3.94. The number of aromatic nitrogens is 3. The molecule has 0 aliphatic rings. The zero-order valence-electron chi connectivity index (χ0n) is 8.00. The first-order valence-electron chi connectivity index (χ1n) is 4.22. The minimum absolute atomic E-state index is 0.891. The summed E-state index contributed by atoms with van der Waals surface area (Å²) in [5.41, 5.74) is 2.87. The highest BCUT2D eigenvalue weighted by molar-refractivity contribution is 5.49. The van der Waals surface area contributed by atoms with Gasteiger partial charge in [0.25, 0.3) is 0 Å². The first kappa shape index (κ1) is 8.04. The molecule has 0 atom stereocenters. The van der Waals surface area contributed by atoms with Gasteiger partial charge in [0, 0.05) is 24.9 Å². The quantitative estimate of drug-likeness (QED) is 0.714. The van der Waals surface area contributed by atoms with Crippen molar-refractivity contribution in [2.75, 3.05) is 12.4 Å². The van der Waals surface area contributed by atoms with Gasteiger partial charge >= 0.3 is 0 Å². The Morgan fingerprint density at radius 3 is 2.69 bits per heavy atom. The summed E-state index contributed by atoms with van der Waals surface area (Å²) in [5, 5.41) is 7.40. The second kappa shape index (κ2) is 2.73. The molecule has 4 nitrogen and oxygen atoms in total. The summed E-state index contributed by atoms with van der Waals surface area (Å²) >= 11 is 0. The Morgan fingerprint density at radius 2 is 2.00 bits per heavy atom. The lowest BCUT2D eigenvalue weighted by Gasteiger charge is -2.03. The van der Waals surface area contributed by atoms with Gasteiger partial charge < -0.3 is 5.32 Å². The second-order valence-electron chi connectivity index (χ2n) is 3.09. The van der Waals surface area contributed by atoms with E-state index in [9.17, 15) is 0 Å². The molecule has 2 heterocycles. The van der Waals surface area contributed by atoms with Crippen LogP contribution >= 0.6 is 0 Å². The molecule has 0 aliphatic carbocycles. The molecule has 68 valence electrons. The maximum absolute atomic E-state index is 4.37. The number of fused-ring (bicyclic) bond motifs is 1. The summed E-state index contributed by atoms with van der Waals surface area (Å²) < 4.78 is 1.81. The van der Waals surface area contributed by atoms with Crippen molar-refractivity contribution in [3.8, 4) is 0 Å². The fourth-order valence-electron chi connectivity index (χ4n) is 1.39. The smallest absolute Gasteiger partial charge is 0.157 e. The lowest BCUT2D eigenvalue weighted by atomic mass is 10.4. The fourth-order valence-corrected chi connectivity index (χ4v) is 1.39. The number of hydrogen-bond donors (Lipinski definition) is 1. The molecule has 0 amide bonds. The van der Waals surface area contributed by atoms with E-state index in [1.807, 2.05) is 37.5 Å². The van der Waals surface area contributed by atoms with Gasteiger partial charge in [0.2, 0.25) is 0 Å². The van der Waals surface area contributed by atoms with Gasteiger partial charge in [-0.25, -0.2) is 4.98 Å².